The van der Waals surface area contributed by atoms with Gasteiger partial charge >= 0.3 is 0 Å². The monoisotopic (exact) mass is 406 g/mol. The average molecular weight is 407 g/mol. The van der Waals surface area contributed by atoms with Gasteiger partial charge in [-0.2, -0.15) is 0 Å². The average Bonchev–Trinajstić information content (AvgIpc) is 3.12. The van der Waals surface area contributed by atoms with Crippen molar-refractivity contribution in [2.45, 2.75) is 9.79 Å². The summed E-state index contributed by atoms with van der Waals surface area (Å²) < 4.78 is 27.9. The second kappa shape index (κ2) is 7.66. The molecule has 0 aliphatic heterocycles. The van der Waals surface area contributed by atoms with Crippen molar-refractivity contribution >= 4 is 45.0 Å². The van der Waals surface area contributed by atoms with Crippen LogP contribution in [0.1, 0.15) is 11.4 Å². The van der Waals surface area contributed by atoms with Gasteiger partial charge in [-0.25, -0.2) is 17.4 Å². The minimum atomic E-state index is -3.77. The van der Waals surface area contributed by atoms with Crippen molar-refractivity contribution < 1.29 is 8.42 Å². The molecule has 6 heteroatoms. The summed E-state index contributed by atoms with van der Waals surface area (Å²) in [6.45, 7) is 0. The Morgan fingerprint density at radius 1 is 0.857 bits per heavy atom. The lowest BCUT2D eigenvalue weighted by Crippen LogP contribution is -2.14. The van der Waals surface area contributed by atoms with Gasteiger partial charge in [-0.15, -0.1) is 11.8 Å². The molecule has 0 bridgehead atoms. The molecule has 0 fully saturated rings. The third kappa shape index (κ3) is 3.48. The lowest BCUT2D eigenvalue weighted by Gasteiger charge is -2.09. The van der Waals surface area contributed by atoms with Gasteiger partial charge in [0.15, 0.2) is 0 Å². The molecule has 4 aromatic rings. The predicted octanol–water partition coefficient (Wildman–Crippen LogP) is 5.17. The van der Waals surface area contributed by atoms with E-state index in [9.17, 15) is 8.42 Å². The highest BCUT2D eigenvalue weighted by Crippen LogP contribution is 2.24. The Bertz CT molecular complexity index is 1240. The van der Waals surface area contributed by atoms with E-state index in [-0.39, 0.29) is 4.90 Å². The van der Waals surface area contributed by atoms with Crippen molar-refractivity contribution in [3.63, 3.8) is 0 Å². The number of thioether (sulfide) groups is 1. The molecule has 1 aromatic heterocycles. The van der Waals surface area contributed by atoms with E-state index < -0.39 is 10.0 Å². The van der Waals surface area contributed by atoms with Gasteiger partial charge in [-0.05, 0) is 54.3 Å². The van der Waals surface area contributed by atoms with Gasteiger partial charge < -0.3 is 0 Å². The van der Waals surface area contributed by atoms with Crippen LogP contribution in [0.2, 0.25) is 0 Å². The molecule has 28 heavy (non-hydrogen) atoms. The molecule has 0 amide bonds. The Morgan fingerprint density at radius 3 is 2.25 bits per heavy atom. The van der Waals surface area contributed by atoms with Gasteiger partial charge in [0, 0.05) is 4.90 Å². The Labute approximate surface area is 168 Å². The fourth-order valence-corrected chi connectivity index (χ4v) is 4.85. The quantitative estimate of drug-likeness (QED) is 0.429. The molecule has 0 saturated carbocycles. The Balaban J connectivity index is 1.85. The molecule has 4 nitrogen and oxygen atoms in total. The van der Waals surface area contributed by atoms with E-state index in [1.54, 1.807) is 54.2 Å². The summed E-state index contributed by atoms with van der Waals surface area (Å²) >= 11 is 1.68. The molecule has 0 atom stereocenters. The summed E-state index contributed by atoms with van der Waals surface area (Å²) in [5.41, 5.74) is 2.18. The van der Waals surface area contributed by atoms with Gasteiger partial charge in [0.25, 0.3) is 10.0 Å². The Kier molecular flexibility index (Phi) is 5.07. The third-order valence-electron chi connectivity index (χ3n) is 4.37. The van der Waals surface area contributed by atoms with Gasteiger partial charge in [0.05, 0.1) is 15.9 Å². The number of nitrogens with zero attached hydrogens (tertiary/aromatic N) is 2. The molecule has 0 radical (unpaired) electrons. The smallest absolute Gasteiger partial charge is 0.228 e. The van der Waals surface area contributed by atoms with Crippen LogP contribution in [0.3, 0.4) is 0 Å². The zero-order chi connectivity index (χ0) is 19.6. The molecular weight excluding hydrogens is 388 g/mol. The minimum absolute atomic E-state index is 0.233. The van der Waals surface area contributed by atoms with Crippen molar-refractivity contribution in [3.05, 3.63) is 90.3 Å². The van der Waals surface area contributed by atoms with E-state index in [4.69, 9.17) is 0 Å². The standard InChI is InChI=1S/C22H18N2O2S2/c1-27-18-14-11-17(12-15-18)13-16-22-23-20-9-5-6-10-21(20)24(22)28(25,26)19-7-3-2-4-8-19/h2-16H,1H3. The molecule has 4 rings (SSSR count). The van der Waals surface area contributed by atoms with E-state index in [0.717, 1.165) is 5.56 Å². The number of hydrogen-bond donors (Lipinski definition) is 0. The van der Waals surface area contributed by atoms with Crippen molar-refractivity contribution in [2.75, 3.05) is 6.26 Å². The molecule has 3 aromatic carbocycles. The number of aromatic nitrogens is 2. The van der Waals surface area contributed by atoms with Gasteiger partial charge in [0.2, 0.25) is 0 Å². The number of imidazole rings is 1. The second-order valence-electron chi connectivity index (χ2n) is 6.15. The van der Waals surface area contributed by atoms with Gasteiger partial charge in [-0.3, -0.25) is 0 Å². The van der Waals surface area contributed by atoms with E-state index >= 15 is 0 Å². The van der Waals surface area contributed by atoms with Crippen molar-refractivity contribution in [2.24, 2.45) is 0 Å². The molecule has 0 spiro atoms. The summed E-state index contributed by atoms with van der Waals surface area (Å²) in [6.07, 6.45) is 5.65. The zero-order valence-electron chi connectivity index (χ0n) is 15.2. The first-order valence-electron chi connectivity index (χ1n) is 8.70. The van der Waals surface area contributed by atoms with Crippen LogP contribution in [0, 0.1) is 0 Å². The van der Waals surface area contributed by atoms with Crippen molar-refractivity contribution in [3.8, 4) is 0 Å². The maximum atomic E-state index is 13.3. The Morgan fingerprint density at radius 2 is 1.54 bits per heavy atom. The fraction of sp³-hybridized carbons (Fsp3) is 0.0455. The molecule has 0 aliphatic carbocycles. The summed E-state index contributed by atoms with van der Waals surface area (Å²) in [6, 6.07) is 23.7. The minimum Gasteiger partial charge on any atom is -0.228 e. The van der Waals surface area contributed by atoms with E-state index in [1.807, 2.05) is 54.8 Å². The predicted molar refractivity (Wildman–Crippen MR) is 116 cm³/mol. The van der Waals surface area contributed by atoms with Crippen LogP contribution in [0.5, 0.6) is 0 Å². The number of benzene rings is 3. The van der Waals surface area contributed by atoms with Crippen LogP contribution < -0.4 is 0 Å². The molecular formula is C22H18N2O2S2. The third-order valence-corrected chi connectivity index (χ3v) is 6.84. The van der Waals surface area contributed by atoms with Gasteiger partial charge in [-0.1, -0.05) is 48.5 Å². The number of fused-ring (bicyclic) bond motifs is 1. The van der Waals surface area contributed by atoms with Crippen LogP contribution in [0.25, 0.3) is 23.2 Å². The van der Waals surface area contributed by atoms with E-state index in [0.29, 0.717) is 16.9 Å². The summed E-state index contributed by atoms with van der Waals surface area (Å²) in [5, 5.41) is 0. The SMILES string of the molecule is CSc1ccc(C=Cc2nc3ccccc3n2S(=O)(=O)c2ccccc2)cc1. The second-order valence-corrected chi connectivity index (χ2v) is 8.81. The topological polar surface area (TPSA) is 52.0 Å². The molecule has 1 heterocycles. The molecule has 140 valence electrons. The van der Waals surface area contributed by atoms with Crippen molar-refractivity contribution in [1.82, 2.24) is 8.96 Å². The highest BCUT2D eigenvalue weighted by molar-refractivity contribution is 7.98. The first-order valence-corrected chi connectivity index (χ1v) is 11.4. The lowest BCUT2D eigenvalue weighted by molar-refractivity contribution is 0.588. The largest absolute Gasteiger partial charge is 0.269 e. The van der Waals surface area contributed by atoms with Crippen molar-refractivity contribution in [1.29, 1.82) is 0 Å². The molecule has 0 saturated heterocycles. The first-order chi connectivity index (χ1) is 13.6. The van der Waals surface area contributed by atoms with E-state index in [2.05, 4.69) is 4.98 Å². The summed E-state index contributed by atoms with van der Waals surface area (Å²) in [5.74, 6) is 0.374. The molecule has 0 N–H and O–H groups in total. The molecule has 0 unspecified atom stereocenters. The van der Waals surface area contributed by atoms with Crippen LogP contribution in [-0.2, 0) is 10.0 Å². The first kappa shape index (κ1) is 18.5. The number of para-hydroxylation sites is 2. The highest BCUT2D eigenvalue weighted by atomic mass is 32.2. The molecule has 0 aliphatic rings. The number of hydrogen-bond acceptors (Lipinski definition) is 4. The van der Waals surface area contributed by atoms with Gasteiger partial charge in [0.1, 0.15) is 5.82 Å². The lowest BCUT2D eigenvalue weighted by atomic mass is 10.2. The van der Waals surface area contributed by atoms with Crippen LogP contribution >= 0.6 is 11.8 Å². The van der Waals surface area contributed by atoms with E-state index in [1.165, 1.54) is 8.87 Å². The fourth-order valence-electron chi connectivity index (χ4n) is 2.96. The van der Waals surface area contributed by atoms with Crippen LogP contribution in [0.15, 0.2) is 88.7 Å². The maximum Gasteiger partial charge on any atom is 0.269 e. The number of rotatable bonds is 5. The summed E-state index contributed by atoms with van der Waals surface area (Å²) in [4.78, 5) is 5.96. The highest BCUT2D eigenvalue weighted by Gasteiger charge is 2.22. The van der Waals surface area contributed by atoms with Crippen LogP contribution in [0.4, 0.5) is 0 Å². The maximum absolute atomic E-state index is 13.3. The Hall–Kier alpha value is -2.83. The zero-order valence-corrected chi connectivity index (χ0v) is 16.8. The van der Waals surface area contributed by atoms with Crippen LogP contribution in [-0.4, -0.2) is 23.6 Å². The summed E-state index contributed by atoms with van der Waals surface area (Å²) in [7, 11) is -3.77. The normalized spacial score (nSPS) is 12.0.